The molecule has 118 valence electrons. The van der Waals surface area contributed by atoms with E-state index >= 15 is 0 Å². The lowest BCUT2D eigenvalue weighted by molar-refractivity contribution is -0.117. The van der Waals surface area contributed by atoms with Gasteiger partial charge in [-0.05, 0) is 65.2 Å². The van der Waals surface area contributed by atoms with Gasteiger partial charge in [-0.3, -0.25) is 0 Å². The topological polar surface area (TPSA) is 21.3 Å². The lowest BCUT2D eigenvalue weighted by atomic mass is 9.77. The summed E-state index contributed by atoms with van der Waals surface area (Å²) in [7, 11) is 0. The fourth-order valence-corrected chi connectivity index (χ4v) is 3.73. The minimum atomic E-state index is 0.119. The van der Waals surface area contributed by atoms with Crippen LogP contribution in [0, 0.1) is 5.92 Å². The van der Waals surface area contributed by atoms with Crippen LogP contribution in [0.2, 0.25) is 0 Å². The first-order chi connectivity index (χ1) is 9.42. The first-order valence-corrected chi connectivity index (χ1v) is 8.85. The first kappa shape index (κ1) is 16.3. The molecule has 2 aliphatic rings. The molecule has 2 rings (SSSR count). The van der Waals surface area contributed by atoms with Crippen molar-refractivity contribution in [3.8, 4) is 0 Å². The number of nitrogens with one attached hydrogen (secondary N) is 1. The molecule has 0 atom stereocenters. The molecule has 0 bridgehead atoms. The number of hydrogen-bond acceptors (Lipinski definition) is 2. The van der Waals surface area contributed by atoms with Crippen LogP contribution in [0.5, 0.6) is 0 Å². The molecule has 0 amide bonds. The van der Waals surface area contributed by atoms with Crippen LogP contribution in [0.4, 0.5) is 0 Å². The summed E-state index contributed by atoms with van der Waals surface area (Å²) in [5, 5.41) is 3.71. The highest BCUT2D eigenvalue weighted by Crippen LogP contribution is 2.39. The molecule has 1 N–H and O–H groups in total. The van der Waals surface area contributed by atoms with Crippen LogP contribution in [0.3, 0.4) is 0 Å². The van der Waals surface area contributed by atoms with E-state index in [-0.39, 0.29) is 11.1 Å². The van der Waals surface area contributed by atoms with Crippen LogP contribution in [0.15, 0.2) is 0 Å². The Kier molecular flexibility index (Phi) is 5.53. The zero-order chi connectivity index (χ0) is 14.6. The number of ether oxygens (including phenoxy) is 1. The van der Waals surface area contributed by atoms with E-state index in [9.17, 15) is 0 Å². The molecule has 0 aromatic rings. The summed E-state index contributed by atoms with van der Waals surface area (Å²) in [6, 6.07) is 0. The van der Waals surface area contributed by atoms with Crippen LogP contribution in [0.25, 0.3) is 0 Å². The molecule has 20 heavy (non-hydrogen) atoms. The Bertz CT molecular complexity index is 280. The van der Waals surface area contributed by atoms with Gasteiger partial charge in [0.2, 0.25) is 0 Å². The highest BCUT2D eigenvalue weighted by Gasteiger charge is 2.38. The van der Waals surface area contributed by atoms with E-state index in [0.717, 1.165) is 12.5 Å². The zero-order valence-electron chi connectivity index (χ0n) is 14.1. The molecule has 2 aliphatic carbocycles. The normalized spacial score (nSPS) is 32.7. The van der Waals surface area contributed by atoms with E-state index < -0.39 is 0 Å². The van der Waals surface area contributed by atoms with Crippen molar-refractivity contribution in [3.63, 3.8) is 0 Å². The van der Waals surface area contributed by atoms with Crippen molar-refractivity contribution in [1.82, 2.24) is 5.32 Å². The molecule has 2 fully saturated rings. The van der Waals surface area contributed by atoms with Gasteiger partial charge in [-0.1, -0.05) is 26.2 Å². The lowest BCUT2D eigenvalue weighted by Crippen LogP contribution is -2.52. The van der Waals surface area contributed by atoms with Gasteiger partial charge in [0.1, 0.15) is 0 Å². The molecular formula is C18H35NO. The Morgan fingerprint density at radius 1 is 1.05 bits per heavy atom. The standard InChI is InChI=1S/C18H35NO/c1-5-15-10-12-18(13-11-15,14-19-17(2,3)4)20-16-8-6-7-9-16/h15-16,19H,5-14H2,1-4H3. The van der Waals surface area contributed by atoms with Gasteiger partial charge >= 0.3 is 0 Å². The van der Waals surface area contributed by atoms with E-state index in [2.05, 4.69) is 33.0 Å². The largest absolute Gasteiger partial charge is 0.370 e. The van der Waals surface area contributed by atoms with Gasteiger partial charge in [-0.15, -0.1) is 0 Å². The maximum atomic E-state index is 6.67. The smallest absolute Gasteiger partial charge is 0.0810 e. The molecule has 0 spiro atoms. The molecule has 0 saturated heterocycles. The fraction of sp³-hybridized carbons (Fsp3) is 1.00. The van der Waals surface area contributed by atoms with Crippen molar-refractivity contribution in [1.29, 1.82) is 0 Å². The van der Waals surface area contributed by atoms with Gasteiger partial charge in [0.25, 0.3) is 0 Å². The maximum Gasteiger partial charge on any atom is 0.0810 e. The van der Waals surface area contributed by atoms with Crippen LogP contribution < -0.4 is 5.32 Å². The summed E-state index contributed by atoms with van der Waals surface area (Å²) in [4.78, 5) is 0. The van der Waals surface area contributed by atoms with E-state index in [1.54, 1.807) is 0 Å². The van der Waals surface area contributed by atoms with E-state index in [4.69, 9.17) is 4.74 Å². The molecule has 0 radical (unpaired) electrons. The van der Waals surface area contributed by atoms with Gasteiger partial charge < -0.3 is 10.1 Å². The van der Waals surface area contributed by atoms with Crippen molar-refractivity contribution < 1.29 is 4.74 Å². The summed E-state index contributed by atoms with van der Waals surface area (Å²) in [6.07, 6.45) is 12.4. The highest BCUT2D eigenvalue weighted by atomic mass is 16.5. The van der Waals surface area contributed by atoms with Gasteiger partial charge in [-0.2, -0.15) is 0 Å². The third kappa shape index (κ3) is 4.73. The predicted molar refractivity (Wildman–Crippen MR) is 86.1 cm³/mol. The van der Waals surface area contributed by atoms with Gasteiger partial charge in [0, 0.05) is 12.1 Å². The Morgan fingerprint density at radius 3 is 2.15 bits per heavy atom. The predicted octanol–water partition coefficient (Wildman–Crippen LogP) is 4.67. The van der Waals surface area contributed by atoms with Crippen molar-refractivity contribution in [2.45, 2.75) is 103 Å². The second-order valence-electron chi connectivity index (χ2n) is 8.16. The average molecular weight is 281 g/mol. The van der Waals surface area contributed by atoms with E-state index in [1.807, 2.05) is 0 Å². The van der Waals surface area contributed by atoms with Crippen LogP contribution >= 0.6 is 0 Å². The lowest BCUT2D eigenvalue weighted by Gasteiger charge is -2.43. The average Bonchev–Trinajstić information content (AvgIpc) is 2.89. The van der Waals surface area contributed by atoms with Crippen molar-refractivity contribution >= 4 is 0 Å². The molecule has 2 nitrogen and oxygen atoms in total. The minimum Gasteiger partial charge on any atom is -0.370 e. The summed E-state index contributed by atoms with van der Waals surface area (Å²) >= 11 is 0. The summed E-state index contributed by atoms with van der Waals surface area (Å²) in [5.41, 5.74) is 0.307. The van der Waals surface area contributed by atoms with Crippen molar-refractivity contribution in [2.24, 2.45) is 5.92 Å². The van der Waals surface area contributed by atoms with Crippen molar-refractivity contribution in [2.75, 3.05) is 6.54 Å². The maximum absolute atomic E-state index is 6.67. The molecule has 0 unspecified atom stereocenters. The molecular weight excluding hydrogens is 246 g/mol. The fourth-order valence-electron chi connectivity index (χ4n) is 3.73. The van der Waals surface area contributed by atoms with Gasteiger partial charge in [0.15, 0.2) is 0 Å². The second-order valence-corrected chi connectivity index (χ2v) is 8.16. The molecule has 0 aliphatic heterocycles. The first-order valence-electron chi connectivity index (χ1n) is 8.85. The molecule has 0 aromatic heterocycles. The Morgan fingerprint density at radius 2 is 1.65 bits per heavy atom. The summed E-state index contributed by atoms with van der Waals surface area (Å²) < 4.78 is 6.67. The number of rotatable bonds is 5. The van der Waals surface area contributed by atoms with Gasteiger partial charge in [0.05, 0.1) is 11.7 Å². The number of hydrogen-bond donors (Lipinski definition) is 1. The minimum absolute atomic E-state index is 0.119. The van der Waals surface area contributed by atoms with E-state index in [0.29, 0.717) is 6.10 Å². The molecule has 2 heteroatoms. The van der Waals surface area contributed by atoms with Crippen LogP contribution in [0.1, 0.15) is 85.5 Å². The van der Waals surface area contributed by atoms with E-state index in [1.165, 1.54) is 57.8 Å². The quantitative estimate of drug-likeness (QED) is 0.790. The van der Waals surface area contributed by atoms with Crippen molar-refractivity contribution in [3.05, 3.63) is 0 Å². The monoisotopic (exact) mass is 281 g/mol. The summed E-state index contributed by atoms with van der Waals surface area (Å²) in [5.74, 6) is 0.935. The Hall–Kier alpha value is -0.0800. The Balaban J connectivity index is 1.95. The van der Waals surface area contributed by atoms with Crippen LogP contribution in [-0.2, 0) is 4.74 Å². The molecule has 0 heterocycles. The third-order valence-electron chi connectivity index (χ3n) is 5.25. The van der Waals surface area contributed by atoms with Gasteiger partial charge in [-0.25, -0.2) is 0 Å². The third-order valence-corrected chi connectivity index (χ3v) is 5.25. The molecule has 0 aromatic carbocycles. The zero-order valence-corrected chi connectivity index (χ0v) is 14.1. The highest BCUT2D eigenvalue weighted by molar-refractivity contribution is 4.92. The molecule has 2 saturated carbocycles. The SMILES string of the molecule is CCC1CCC(CNC(C)(C)C)(OC2CCCC2)CC1. The Labute approximate surface area is 126 Å². The summed E-state index contributed by atoms with van der Waals surface area (Å²) in [6.45, 7) is 10.1. The second kappa shape index (κ2) is 6.79. The van der Waals surface area contributed by atoms with Crippen LogP contribution in [-0.4, -0.2) is 23.8 Å².